The molecule has 14 heavy (non-hydrogen) atoms. The Bertz CT molecular complexity index is 361. The maximum absolute atomic E-state index is 12.2. The van der Waals surface area contributed by atoms with Gasteiger partial charge in [-0.05, 0) is 7.05 Å². The fourth-order valence-electron chi connectivity index (χ4n) is 1.45. The number of hydrogen-bond donors (Lipinski definition) is 0. The van der Waals surface area contributed by atoms with Gasteiger partial charge in [-0.25, -0.2) is 9.97 Å². The van der Waals surface area contributed by atoms with Crippen LogP contribution >= 0.6 is 0 Å². The molecule has 2 rings (SSSR count). The molecule has 0 atom stereocenters. The second-order valence-electron chi connectivity index (χ2n) is 3.34. The molecule has 2 heterocycles. The SMILES string of the molecule is CN1Cc2cnc(C(F)(F)F)nc2C1. The van der Waals surface area contributed by atoms with Gasteiger partial charge < -0.3 is 0 Å². The highest BCUT2D eigenvalue weighted by Gasteiger charge is 2.35. The zero-order valence-corrected chi connectivity index (χ0v) is 7.47. The molecule has 1 aliphatic rings. The summed E-state index contributed by atoms with van der Waals surface area (Å²) >= 11 is 0. The van der Waals surface area contributed by atoms with Crippen molar-refractivity contribution in [3.8, 4) is 0 Å². The van der Waals surface area contributed by atoms with E-state index >= 15 is 0 Å². The number of alkyl halides is 3. The maximum atomic E-state index is 12.2. The molecule has 0 bridgehead atoms. The summed E-state index contributed by atoms with van der Waals surface area (Å²) < 4.78 is 36.6. The molecule has 0 amide bonds. The third-order valence-corrected chi connectivity index (χ3v) is 2.07. The molecule has 6 heteroatoms. The second-order valence-corrected chi connectivity index (χ2v) is 3.34. The minimum atomic E-state index is -4.45. The van der Waals surface area contributed by atoms with Gasteiger partial charge in [0.2, 0.25) is 5.82 Å². The predicted octanol–water partition coefficient (Wildman–Crippen LogP) is 1.44. The highest BCUT2D eigenvalue weighted by atomic mass is 19.4. The Kier molecular flexibility index (Phi) is 1.95. The third-order valence-electron chi connectivity index (χ3n) is 2.07. The Morgan fingerprint density at radius 1 is 1.36 bits per heavy atom. The molecule has 0 unspecified atom stereocenters. The van der Waals surface area contributed by atoms with Gasteiger partial charge in [0, 0.05) is 24.8 Å². The van der Waals surface area contributed by atoms with Crippen LogP contribution in [0.5, 0.6) is 0 Å². The molecule has 0 spiro atoms. The molecule has 0 aliphatic carbocycles. The Labute approximate surface area is 78.6 Å². The lowest BCUT2D eigenvalue weighted by Gasteiger charge is -2.05. The molecule has 1 aliphatic heterocycles. The summed E-state index contributed by atoms with van der Waals surface area (Å²) in [5.41, 5.74) is 1.26. The first kappa shape index (κ1) is 9.39. The zero-order valence-electron chi connectivity index (χ0n) is 7.47. The third kappa shape index (κ3) is 1.57. The van der Waals surface area contributed by atoms with E-state index in [1.54, 1.807) is 0 Å². The van der Waals surface area contributed by atoms with Crippen LogP contribution in [0.25, 0.3) is 0 Å². The molecular weight excluding hydrogens is 195 g/mol. The van der Waals surface area contributed by atoms with E-state index in [2.05, 4.69) is 9.97 Å². The standard InChI is InChI=1S/C8H8F3N3/c1-14-3-5-2-12-7(8(9,10)11)13-6(5)4-14/h2H,3-4H2,1H3. The van der Waals surface area contributed by atoms with Crippen LogP contribution < -0.4 is 0 Å². The van der Waals surface area contributed by atoms with E-state index in [0.717, 1.165) is 5.56 Å². The van der Waals surface area contributed by atoms with Crippen molar-refractivity contribution in [3.63, 3.8) is 0 Å². The second kappa shape index (κ2) is 2.91. The van der Waals surface area contributed by atoms with Crippen LogP contribution in [-0.2, 0) is 19.3 Å². The summed E-state index contributed by atoms with van der Waals surface area (Å²) in [5, 5.41) is 0. The first-order valence-corrected chi connectivity index (χ1v) is 4.07. The van der Waals surface area contributed by atoms with Gasteiger partial charge in [-0.3, -0.25) is 4.90 Å². The summed E-state index contributed by atoms with van der Waals surface area (Å²) in [6.07, 6.45) is -3.19. The minimum Gasteiger partial charge on any atom is -0.296 e. The largest absolute Gasteiger partial charge is 0.451 e. The van der Waals surface area contributed by atoms with E-state index in [1.165, 1.54) is 6.20 Å². The Balaban J connectivity index is 2.38. The Morgan fingerprint density at radius 3 is 2.71 bits per heavy atom. The quantitative estimate of drug-likeness (QED) is 0.638. The van der Waals surface area contributed by atoms with Gasteiger partial charge in [-0.15, -0.1) is 0 Å². The molecule has 0 aromatic carbocycles. The van der Waals surface area contributed by atoms with E-state index in [-0.39, 0.29) is 0 Å². The number of nitrogens with zero attached hydrogens (tertiary/aromatic N) is 3. The van der Waals surface area contributed by atoms with E-state index in [1.807, 2.05) is 11.9 Å². The zero-order chi connectivity index (χ0) is 10.3. The van der Waals surface area contributed by atoms with Crippen LogP contribution in [0.15, 0.2) is 6.20 Å². The fourth-order valence-corrected chi connectivity index (χ4v) is 1.45. The van der Waals surface area contributed by atoms with Crippen molar-refractivity contribution in [1.82, 2.24) is 14.9 Å². The van der Waals surface area contributed by atoms with Crippen molar-refractivity contribution in [2.75, 3.05) is 7.05 Å². The Hall–Kier alpha value is -1.17. The summed E-state index contributed by atoms with van der Waals surface area (Å²) in [6, 6.07) is 0. The normalized spacial score (nSPS) is 17.1. The molecule has 0 fully saturated rings. The number of halogens is 3. The lowest BCUT2D eigenvalue weighted by Crippen LogP contribution is -2.12. The molecule has 0 saturated heterocycles. The van der Waals surface area contributed by atoms with Crippen LogP contribution in [0.2, 0.25) is 0 Å². The van der Waals surface area contributed by atoms with E-state index in [9.17, 15) is 13.2 Å². The smallest absolute Gasteiger partial charge is 0.296 e. The molecule has 3 nitrogen and oxygen atoms in total. The highest BCUT2D eigenvalue weighted by Crippen LogP contribution is 2.28. The van der Waals surface area contributed by atoms with Crippen LogP contribution in [0.3, 0.4) is 0 Å². The first-order chi connectivity index (χ1) is 6.47. The van der Waals surface area contributed by atoms with E-state index in [4.69, 9.17) is 0 Å². The summed E-state index contributed by atoms with van der Waals surface area (Å²) in [6.45, 7) is 1.08. The molecule has 1 aromatic heterocycles. The topological polar surface area (TPSA) is 29.0 Å². The molecular formula is C8H8F3N3. The number of rotatable bonds is 0. The van der Waals surface area contributed by atoms with Crippen molar-refractivity contribution in [2.45, 2.75) is 19.3 Å². The predicted molar refractivity (Wildman–Crippen MR) is 42.2 cm³/mol. The summed E-state index contributed by atoms with van der Waals surface area (Å²) in [5.74, 6) is -1.05. The van der Waals surface area contributed by atoms with E-state index < -0.39 is 12.0 Å². The summed E-state index contributed by atoms with van der Waals surface area (Å²) in [7, 11) is 1.83. The first-order valence-electron chi connectivity index (χ1n) is 4.07. The Morgan fingerprint density at radius 2 is 2.07 bits per heavy atom. The summed E-state index contributed by atoms with van der Waals surface area (Å²) in [4.78, 5) is 8.68. The monoisotopic (exact) mass is 203 g/mol. The van der Waals surface area contributed by atoms with Crippen molar-refractivity contribution < 1.29 is 13.2 Å². The lowest BCUT2D eigenvalue weighted by molar-refractivity contribution is -0.145. The number of fused-ring (bicyclic) bond motifs is 1. The molecule has 0 saturated carbocycles. The van der Waals surface area contributed by atoms with Crippen molar-refractivity contribution in [3.05, 3.63) is 23.3 Å². The van der Waals surface area contributed by atoms with Crippen molar-refractivity contribution in [1.29, 1.82) is 0 Å². The molecule has 0 radical (unpaired) electrons. The lowest BCUT2D eigenvalue weighted by atomic mass is 10.3. The van der Waals surface area contributed by atoms with Gasteiger partial charge in [0.1, 0.15) is 0 Å². The van der Waals surface area contributed by atoms with Gasteiger partial charge in [0.25, 0.3) is 0 Å². The maximum Gasteiger partial charge on any atom is 0.451 e. The van der Waals surface area contributed by atoms with Crippen LogP contribution in [0.4, 0.5) is 13.2 Å². The van der Waals surface area contributed by atoms with Gasteiger partial charge >= 0.3 is 6.18 Å². The van der Waals surface area contributed by atoms with Crippen LogP contribution in [0, 0.1) is 0 Å². The van der Waals surface area contributed by atoms with Crippen molar-refractivity contribution in [2.24, 2.45) is 0 Å². The van der Waals surface area contributed by atoms with E-state index in [0.29, 0.717) is 18.8 Å². The average molecular weight is 203 g/mol. The average Bonchev–Trinajstić information content (AvgIpc) is 2.41. The van der Waals surface area contributed by atoms with Gasteiger partial charge in [0.15, 0.2) is 0 Å². The highest BCUT2D eigenvalue weighted by molar-refractivity contribution is 5.22. The molecule has 1 aromatic rings. The number of hydrogen-bond acceptors (Lipinski definition) is 3. The van der Waals surface area contributed by atoms with Crippen LogP contribution in [-0.4, -0.2) is 21.9 Å². The van der Waals surface area contributed by atoms with Gasteiger partial charge in [0.05, 0.1) is 5.69 Å². The molecule has 0 N–H and O–H groups in total. The van der Waals surface area contributed by atoms with Crippen LogP contribution in [0.1, 0.15) is 17.1 Å². The van der Waals surface area contributed by atoms with Crippen molar-refractivity contribution >= 4 is 0 Å². The van der Waals surface area contributed by atoms with Gasteiger partial charge in [-0.1, -0.05) is 0 Å². The number of aromatic nitrogens is 2. The van der Waals surface area contributed by atoms with Gasteiger partial charge in [-0.2, -0.15) is 13.2 Å². The molecule has 76 valence electrons. The fraction of sp³-hybridized carbons (Fsp3) is 0.500. The minimum absolute atomic E-state index is 0.459.